The number of amides is 2. The van der Waals surface area contributed by atoms with Crippen LogP contribution < -0.4 is 5.32 Å². The molecule has 3 atom stereocenters. The third kappa shape index (κ3) is 4.87. The minimum atomic E-state index is -3.15. The number of nitrogens with zero attached hydrogens (tertiary/aromatic N) is 1. The van der Waals surface area contributed by atoms with E-state index in [1.54, 1.807) is 24.3 Å². The van der Waals surface area contributed by atoms with E-state index < -0.39 is 29.7 Å². The van der Waals surface area contributed by atoms with Gasteiger partial charge in [-0.1, -0.05) is 66.7 Å². The van der Waals surface area contributed by atoms with Crippen LogP contribution in [0, 0.1) is 5.41 Å². The second kappa shape index (κ2) is 10.8. The van der Waals surface area contributed by atoms with E-state index in [1.807, 2.05) is 30.3 Å². The lowest BCUT2D eigenvalue weighted by Gasteiger charge is -2.26. The zero-order valence-corrected chi connectivity index (χ0v) is 22.9. The summed E-state index contributed by atoms with van der Waals surface area (Å²) in [6, 6.07) is 18.5. The number of ether oxygens (including phenoxy) is 2. The predicted octanol–water partition coefficient (Wildman–Crippen LogP) is 4.84. The first-order valence-electron chi connectivity index (χ1n) is 13.9. The van der Waals surface area contributed by atoms with Crippen molar-refractivity contribution >= 4 is 17.8 Å². The molecular formula is C33H30F2N2O5. The number of hydrogen-bond acceptors (Lipinski definition) is 5. The molecule has 6 rings (SSSR count). The van der Waals surface area contributed by atoms with Gasteiger partial charge in [-0.15, -0.1) is 6.58 Å². The molecular weight excluding hydrogens is 542 g/mol. The topological polar surface area (TPSA) is 84.9 Å². The summed E-state index contributed by atoms with van der Waals surface area (Å²) in [6.07, 6.45) is 2.73. The highest BCUT2D eigenvalue weighted by Gasteiger charge is 2.67. The lowest BCUT2D eigenvalue weighted by atomic mass is 10.0. The molecule has 2 fully saturated rings. The molecule has 3 aromatic carbocycles. The highest BCUT2D eigenvalue weighted by atomic mass is 19.3. The van der Waals surface area contributed by atoms with Gasteiger partial charge in [0.2, 0.25) is 5.91 Å². The number of carbonyl (C=O) groups excluding carboxylic acids is 3. The van der Waals surface area contributed by atoms with Gasteiger partial charge in [0.1, 0.15) is 12.6 Å². The Kier molecular flexibility index (Phi) is 7.14. The standard InChI is InChI=1S/C33H30F2N2O5/c1-2-14-41-20-32-16-27(31(40)42-19-21-8-4-3-5-9-21)37(28(32)17-32)29(38)18-36-30(39)22-12-13-26-24(15-22)23-10-6-7-11-25(23)33(26,34)35/h2-13,15,27-28H,1,14,16-20H2,(H,36,39)/t27-,28-,32+/m0/s1. The molecule has 7 nitrogen and oxygen atoms in total. The number of hydrogen-bond donors (Lipinski definition) is 1. The molecule has 2 aliphatic carbocycles. The number of alkyl halides is 2. The third-order valence-electron chi connectivity index (χ3n) is 8.40. The molecule has 42 heavy (non-hydrogen) atoms. The van der Waals surface area contributed by atoms with Gasteiger partial charge in [0.05, 0.1) is 19.8 Å². The molecule has 0 aromatic heterocycles. The van der Waals surface area contributed by atoms with Crippen molar-refractivity contribution in [2.45, 2.75) is 37.5 Å². The van der Waals surface area contributed by atoms with Crippen LogP contribution in [0.5, 0.6) is 0 Å². The predicted molar refractivity (Wildman–Crippen MR) is 151 cm³/mol. The van der Waals surface area contributed by atoms with Gasteiger partial charge in [0.15, 0.2) is 0 Å². The molecule has 0 bridgehead atoms. The molecule has 216 valence electrons. The minimum Gasteiger partial charge on any atom is -0.459 e. The maximum absolute atomic E-state index is 14.9. The van der Waals surface area contributed by atoms with Gasteiger partial charge in [0, 0.05) is 28.1 Å². The smallest absolute Gasteiger partial charge is 0.329 e. The van der Waals surface area contributed by atoms with Gasteiger partial charge in [-0.3, -0.25) is 9.59 Å². The Hall–Kier alpha value is -4.37. The molecule has 2 amide bonds. The molecule has 3 aliphatic rings. The van der Waals surface area contributed by atoms with E-state index in [0.29, 0.717) is 31.6 Å². The fourth-order valence-electron chi connectivity index (χ4n) is 6.24. The molecule has 0 unspecified atom stereocenters. The summed E-state index contributed by atoms with van der Waals surface area (Å²) in [5, 5.41) is 2.62. The van der Waals surface area contributed by atoms with Gasteiger partial charge < -0.3 is 19.7 Å². The molecule has 1 saturated carbocycles. The van der Waals surface area contributed by atoms with Crippen LogP contribution in [0.25, 0.3) is 11.1 Å². The van der Waals surface area contributed by atoms with E-state index in [4.69, 9.17) is 9.47 Å². The highest BCUT2D eigenvalue weighted by molar-refractivity contribution is 5.99. The van der Waals surface area contributed by atoms with Crippen molar-refractivity contribution in [2.75, 3.05) is 19.8 Å². The summed E-state index contributed by atoms with van der Waals surface area (Å²) in [7, 11) is 0. The summed E-state index contributed by atoms with van der Waals surface area (Å²) in [5.41, 5.74) is 1.05. The second-order valence-corrected chi connectivity index (χ2v) is 11.1. The molecule has 0 radical (unpaired) electrons. The maximum atomic E-state index is 14.9. The molecule has 3 aromatic rings. The number of piperidine rings is 1. The van der Waals surface area contributed by atoms with Crippen molar-refractivity contribution in [1.29, 1.82) is 0 Å². The van der Waals surface area contributed by atoms with Crippen LogP contribution in [0.1, 0.15) is 39.9 Å². The quantitative estimate of drug-likeness (QED) is 0.214. The Morgan fingerprint density at radius 1 is 0.976 bits per heavy atom. The minimum absolute atomic E-state index is 0.0834. The molecule has 9 heteroatoms. The molecule has 1 saturated heterocycles. The molecule has 1 aliphatic heterocycles. The van der Waals surface area contributed by atoms with Crippen LogP contribution in [0.15, 0.2) is 85.5 Å². The fraction of sp³-hybridized carbons (Fsp3) is 0.303. The monoisotopic (exact) mass is 572 g/mol. The average Bonchev–Trinajstić information content (AvgIpc) is 3.53. The second-order valence-electron chi connectivity index (χ2n) is 11.1. The lowest BCUT2D eigenvalue weighted by Crippen LogP contribution is -2.48. The zero-order chi connectivity index (χ0) is 29.5. The highest BCUT2D eigenvalue weighted by Crippen LogP contribution is 2.60. The van der Waals surface area contributed by atoms with Crippen LogP contribution in [0.3, 0.4) is 0 Å². The summed E-state index contributed by atoms with van der Waals surface area (Å²) < 4.78 is 41.1. The van der Waals surface area contributed by atoms with Crippen molar-refractivity contribution in [3.8, 4) is 11.1 Å². The van der Waals surface area contributed by atoms with Crippen LogP contribution >= 0.6 is 0 Å². The van der Waals surface area contributed by atoms with E-state index >= 15 is 0 Å². The SMILES string of the molecule is C=CCOC[C@@]12C[C@@H]1N(C(=O)CNC(=O)c1ccc3c(c1)-c1ccccc1C3(F)F)[C@H](C(=O)OCc1ccccc1)C2. The third-order valence-corrected chi connectivity index (χ3v) is 8.40. The number of fused-ring (bicyclic) bond motifs is 4. The number of esters is 1. The van der Waals surface area contributed by atoms with Crippen molar-refractivity contribution in [3.63, 3.8) is 0 Å². The maximum Gasteiger partial charge on any atom is 0.329 e. The Bertz CT molecular complexity index is 1560. The van der Waals surface area contributed by atoms with E-state index in [1.165, 1.54) is 29.2 Å². The number of rotatable bonds is 10. The number of benzene rings is 3. The lowest BCUT2D eigenvalue weighted by molar-refractivity contribution is -0.155. The molecule has 0 spiro atoms. The molecule has 1 N–H and O–H groups in total. The Morgan fingerprint density at radius 2 is 1.71 bits per heavy atom. The first kappa shape index (κ1) is 27.8. The van der Waals surface area contributed by atoms with Crippen LogP contribution in [-0.4, -0.2) is 54.5 Å². The van der Waals surface area contributed by atoms with Gasteiger partial charge in [-0.05, 0) is 41.7 Å². The van der Waals surface area contributed by atoms with E-state index in [2.05, 4.69) is 11.9 Å². The summed E-state index contributed by atoms with van der Waals surface area (Å²) in [4.78, 5) is 41.2. The Morgan fingerprint density at radius 3 is 2.50 bits per heavy atom. The molecule has 1 heterocycles. The van der Waals surface area contributed by atoms with Crippen molar-refractivity contribution in [2.24, 2.45) is 5.41 Å². The number of carbonyl (C=O) groups is 3. The number of halogens is 2. The van der Waals surface area contributed by atoms with Gasteiger partial charge in [-0.25, -0.2) is 4.79 Å². The van der Waals surface area contributed by atoms with Crippen LogP contribution in [0.2, 0.25) is 0 Å². The van der Waals surface area contributed by atoms with Gasteiger partial charge in [-0.2, -0.15) is 8.78 Å². The van der Waals surface area contributed by atoms with Crippen molar-refractivity contribution < 1.29 is 32.6 Å². The summed E-state index contributed by atoms with van der Waals surface area (Å²) in [5.74, 6) is -4.65. The van der Waals surface area contributed by atoms with Gasteiger partial charge in [0.25, 0.3) is 11.8 Å². The largest absolute Gasteiger partial charge is 0.459 e. The Balaban J connectivity index is 1.15. The normalized spacial score (nSPS) is 22.5. The summed E-state index contributed by atoms with van der Waals surface area (Å²) in [6.45, 7) is 4.13. The first-order valence-corrected chi connectivity index (χ1v) is 13.9. The Labute approximate surface area is 242 Å². The number of likely N-dealkylation sites (tertiary alicyclic amines) is 1. The first-order chi connectivity index (χ1) is 20.2. The van der Waals surface area contributed by atoms with Crippen molar-refractivity contribution in [1.82, 2.24) is 10.2 Å². The average molecular weight is 573 g/mol. The summed E-state index contributed by atoms with van der Waals surface area (Å²) >= 11 is 0. The van der Waals surface area contributed by atoms with Crippen LogP contribution in [-0.2, 0) is 31.6 Å². The fourth-order valence-corrected chi connectivity index (χ4v) is 6.24. The van der Waals surface area contributed by atoms with Gasteiger partial charge >= 0.3 is 5.97 Å². The number of nitrogens with one attached hydrogen (secondary N) is 1. The zero-order valence-electron chi connectivity index (χ0n) is 22.9. The van der Waals surface area contributed by atoms with E-state index in [-0.39, 0.29) is 46.9 Å². The van der Waals surface area contributed by atoms with E-state index in [9.17, 15) is 23.2 Å². The van der Waals surface area contributed by atoms with E-state index in [0.717, 1.165) is 5.56 Å². The van der Waals surface area contributed by atoms with Crippen molar-refractivity contribution in [3.05, 3.63) is 108 Å². The van der Waals surface area contributed by atoms with Crippen LogP contribution in [0.4, 0.5) is 8.78 Å².